The molecule has 26 heavy (non-hydrogen) atoms. The fraction of sp³-hybridized carbons (Fsp3) is 0.263. The van der Waals surface area contributed by atoms with Gasteiger partial charge in [0.05, 0.1) is 26.0 Å². The number of carbonyl (C=O) groups is 2. The summed E-state index contributed by atoms with van der Waals surface area (Å²) in [5, 5.41) is -0.0776. The van der Waals surface area contributed by atoms with E-state index in [-0.39, 0.29) is 17.7 Å². The lowest BCUT2D eigenvalue weighted by Crippen LogP contribution is -2.31. The van der Waals surface area contributed by atoms with Gasteiger partial charge >= 0.3 is 0 Å². The first-order valence-corrected chi connectivity index (χ1v) is 9.25. The Morgan fingerprint density at radius 2 is 1.81 bits per heavy atom. The minimum atomic E-state index is -0.461. The van der Waals surface area contributed by atoms with E-state index >= 15 is 0 Å². The Bertz CT molecular complexity index is 825. The molecule has 0 unspecified atom stereocenters. The maximum absolute atomic E-state index is 12.7. The second-order valence-electron chi connectivity index (χ2n) is 5.81. The van der Waals surface area contributed by atoms with Gasteiger partial charge in [-0.25, -0.2) is 0 Å². The van der Waals surface area contributed by atoms with Crippen LogP contribution in [0.25, 0.3) is 0 Å². The van der Waals surface area contributed by atoms with E-state index in [0.717, 1.165) is 22.9 Å². The fourth-order valence-electron chi connectivity index (χ4n) is 2.76. The summed E-state index contributed by atoms with van der Waals surface area (Å²) < 4.78 is 10.6. The van der Waals surface area contributed by atoms with Gasteiger partial charge in [0.15, 0.2) is 0 Å². The first-order valence-electron chi connectivity index (χ1n) is 7.99. The van der Waals surface area contributed by atoms with E-state index < -0.39 is 5.25 Å². The zero-order chi connectivity index (χ0) is 18.7. The predicted octanol–water partition coefficient (Wildman–Crippen LogP) is 4.16. The smallest absolute Gasteiger partial charge is 0.289 e. The largest absolute Gasteiger partial charge is 0.497 e. The molecule has 7 heteroatoms. The van der Waals surface area contributed by atoms with Gasteiger partial charge in [0.2, 0.25) is 5.91 Å². The van der Waals surface area contributed by atoms with Crippen LogP contribution in [0.1, 0.15) is 11.1 Å². The number of benzene rings is 2. The zero-order valence-corrected chi connectivity index (χ0v) is 16.0. The maximum Gasteiger partial charge on any atom is 0.289 e. The molecule has 0 saturated carbocycles. The van der Waals surface area contributed by atoms with Crippen LogP contribution in [0.2, 0.25) is 5.02 Å². The predicted molar refractivity (Wildman–Crippen MR) is 102 cm³/mol. The minimum absolute atomic E-state index is 0.187. The first-order chi connectivity index (χ1) is 12.5. The van der Waals surface area contributed by atoms with Gasteiger partial charge in [-0.15, -0.1) is 0 Å². The SMILES string of the molecule is COc1ccc(C[C@H]2SC(=O)N(Cc3ccc(Cl)cc3)C2=O)c(OC)c1. The van der Waals surface area contributed by atoms with Crippen LogP contribution in [-0.4, -0.2) is 35.5 Å². The van der Waals surface area contributed by atoms with Gasteiger partial charge in [0.1, 0.15) is 11.5 Å². The lowest BCUT2D eigenvalue weighted by molar-refractivity contribution is -0.127. The third kappa shape index (κ3) is 3.97. The molecule has 0 aliphatic carbocycles. The summed E-state index contributed by atoms with van der Waals surface area (Å²) in [4.78, 5) is 26.3. The van der Waals surface area contributed by atoms with E-state index in [2.05, 4.69) is 0 Å². The summed E-state index contributed by atoms with van der Waals surface area (Å²) in [7, 11) is 3.15. The number of thioether (sulfide) groups is 1. The summed E-state index contributed by atoms with van der Waals surface area (Å²) in [5.41, 5.74) is 1.72. The molecular weight excluding hydrogens is 374 g/mol. The first kappa shape index (κ1) is 18.6. The van der Waals surface area contributed by atoms with Crippen LogP contribution in [0.4, 0.5) is 4.79 Å². The Kier molecular flexibility index (Phi) is 5.74. The van der Waals surface area contributed by atoms with E-state index in [9.17, 15) is 9.59 Å². The number of carbonyl (C=O) groups excluding carboxylic acids is 2. The molecule has 5 nitrogen and oxygen atoms in total. The molecule has 0 N–H and O–H groups in total. The normalized spacial score (nSPS) is 16.9. The van der Waals surface area contributed by atoms with Crippen molar-refractivity contribution in [1.29, 1.82) is 0 Å². The van der Waals surface area contributed by atoms with Crippen molar-refractivity contribution in [2.24, 2.45) is 0 Å². The van der Waals surface area contributed by atoms with Crippen LogP contribution in [0.3, 0.4) is 0 Å². The summed E-state index contributed by atoms with van der Waals surface area (Å²) in [6.45, 7) is 0.248. The molecule has 2 amide bonds. The van der Waals surface area contributed by atoms with Gasteiger partial charge in [-0.3, -0.25) is 14.5 Å². The third-order valence-corrected chi connectivity index (χ3v) is 5.49. The van der Waals surface area contributed by atoms with Crippen molar-refractivity contribution in [2.75, 3.05) is 14.2 Å². The number of rotatable bonds is 6. The highest BCUT2D eigenvalue weighted by Crippen LogP contribution is 2.34. The lowest BCUT2D eigenvalue weighted by atomic mass is 10.1. The van der Waals surface area contributed by atoms with Crippen LogP contribution in [0, 0.1) is 0 Å². The number of imide groups is 1. The average Bonchev–Trinajstić information content (AvgIpc) is 2.91. The summed E-state index contributed by atoms with van der Waals surface area (Å²) in [6, 6.07) is 12.6. The van der Waals surface area contributed by atoms with Crippen LogP contribution in [0.5, 0.6) is 11.5 Å². The van der Waals surface area contributed by atoms with Crippen LogP contribution < -0.4 is 9.47 Å². The van der Waals surface area contributed by atoms with E-state index in [1.165, 1.54) is 4.90 Å². The summed E-state index contributed by atoms with van der Waals surface area (Å²) >= 11 is 6.93. The summed E-state index contributed by atoms with van der Waals surface area (Å²) in [6.07, 6.45) is 0.416. The number of amides is 2. The second kappa shape index (κ2) is 8.01. The van der Waals surface area contributed by atoms with Crippen molar-refractivity contribution >= 4 is 34.5 Å². The molecule has 0 aromatic heterocycles. The molecule has 0 bridgehead atoms. The average molecular weight is 392 g/mol. The number of halogens is 1. The summed E-state index contributed by atoms with van der Waals surface area (Å²) in [5.74, 6) is 1.13. The molecule has 1 atom stereocenters. The third-order valence-electron chi connectivity index (χ3n) is 4.16. The molecule has 2 aromatic carbocycles. The van der Waals surface area contributed by atoms with Gasteiger partial charge in [-0.1, -0.05) is 41.6 Å². The molecule has 0 radical (unpaired) electrons. The Hall–Kier alpha value is -2.18. The van der Waals surface area contributed by atoms with Crippen molar-refractivity contribution in [3.63, 3.8) is 0 Å². The molecular formula is C19H18ClNO4S. The molecule has 1 saturated heterocycles. The van der Waals surface area contributed by atoms with Crippen LogP contribution >= 0.6 is 23.4 Å². The zero-order valence-electron chi connectivity index (χ0n) is 14.4. The number of nitrogens with zero attached hydrogens (tertiary/aromatic N) is 1. The second-order valence-corrected chi connectivity index (χ2v) is 7.40. The Morgan fingerprint density at radius 1 is 1.08 bits per heavy atom. The standard InChI is InChI=1S/C19H18ClNO4S/c1-24-15-8-5-13(16(10-15)25-2)9-17-18(22)21(19(23)26-17)11-12-3-6-14(20)7-4-12/h3-8,10,17H,9,11H2,1-2H3/t17-/m1/s1. The molecule has 3 rings (SSSR count). The van der Waals surface area contributed by atoms with Gasteiger partial charge in [0.25, 0.3) is 5.24 Å². The molecule has 1 aliphatic heterocycles. The Balaban J connectivity index is 1.73. The van der Waals surface area contributed by atoms with E-state index in [1.807, 2.05) is 24.3 Å². The van der Waals surface area contributed by atoms with Crippen molar-refractivity contribution in [3.8, 4) is 11.5 Å². The molecule has 1 aliphatic rings. The van der Waals surface area contributed by atoms with E-state index in [1.54, 1.807) is 32.4 Å². The van der Waals surface area contributed by atoms with E-state index in [0.29, 0.717) is 22.9 Å². The van der Waals surface area contributed by atoms with Crippen molar-refractivity contribution in [1.82, 2.24) is 4.90 Å². The highest BCUT2D eigenvalue weighted by molar-refractivity contribution is 8.15. The maximum atomic E-state index is 12.7. The topological polar surface area (TPSA) is 55.8 Å². The van der Waals surface area contributed by atoms with Crippen molar-refractivity contribution in [2.45, 2.75) is 18.2 Å². The lowest BCUT2D eigenvalue weighted by Gasteiger charge is -2.15. The van der Waals surface area contributed by atoms with Gasteiger partial charge < -0.3 is 9.47 Å². The van der Waals surface area contributed by atoms with Crippen LogP contribution in [-0.2, 0) is 17.8 Å². The molecule has 1 fully saturated rings. The number of hydrogen-bond acceptors (Lipinski definition) is 5. The molecule has 0 spiro atoms. The van der Waals surface area contributed by atoms with Gasteiger partial charge in [-0.05, 0) is 35.7 Å². The van der Waals surface area contributed by atoms with Crippen LogP contribution in [0.15, 0.2) is 42.5 Å². The highest BCUT2D eigenvalue weighted by atomic mass is 35.5. The molecule has 2 aromatic rings. The Labute approximate surface area is 161 Å². The van der Waals surface area contributed by atoms with Gasteiger partial charge in [-0.2, -0.15) is 0 Å². The minimum Gasteiger partial charge on any atom is -0.497 e. The molecule has 136 valence electrons. The van der Waals surface area contributed by atoms with Crippen molar-refractivity contribution < 1.29 is 19.1 Å². The van der Waals surface area contributed by atoms with Gasteiger partial charge in [0, 0.05) is 11.1 Å². The molecule has 1 heterocycles. The number of hydrogen-bond donors (Lipinski definition) is 0. The van der Waals surface area contributed by atoms with Crippen molar-refractivity contribution in [3.05, 3.63) is 58.6 Å². The highest BCUT2D eigenvalue weighted by Gasteiger charge is 2.39. The quantitative estimate of drug-likeness (QED) is 0.739. The Morgan fingerprint density at radius 3 is 2.46 bits per heavy atom. The fourth-order valence-corrected chi connectivity index (χ4v) is 3.91. The monoisotopic (exact) mass is 391 g/mol. The number of ether oxygens (including phenoxy) is 2. The van der Waals surface area contributed by atoms with E-state index in [4.69, 9.17) is 21.1 Å². The number of methoxy groups -OCH3 is 2.